The van der Waals surface area contributed by atoms with E-state index in [2.05, 4.69) is 0 Å². The molecule has 0 saturated heterocycles. The van der Waals surface area contributed by atoms with Crippen LogP contribution < -0.4 is 9.47 Å². The molecule has 0 atom stereocenters. The normalized spacial score (nSPS) is 11.4. The summed E-state index contributed by atoms with van der Waals surface area (Å²) in [5.74, 6) is -0.812. The Morgan fingerprint density at radius 2 is 1.65 bits per heavy atom. The van der Waals surface area contributed by atoms with E-state index in [1.165, 1.54) is 31.5 Å². The minimum Gasteiger partial charge on any atom is -0.497 e. The van der Waals surface area contributed by atoms with Crippen molar-refractivity contribution in [1.29, 1.82) is 0 Å². The number of rotatable bonds is 10. The lowest BCUT2D eigenvalue weighted by Gasteiger charge is -2.12. The fraction of sp³-hybridized carbons (Fsp3) is 0.129. The van der Waals surface area contributed by atoms with Crippen molar-refractivity contribution >= 4 is 26.9 Å². The molecule has 9 heteroatoms. The number of carboxylic acid groups (broad SMARTS) is 1. The maximum absolute atomic E-state index is 15.9. The second-order valence-corrected chi connectivity index (χ2v) is 10.9. The van der Waals surface area contributed by atoms with Gasteiger partial charge in [0, 0.05) is 23.6 Å². The van der Waals surface area contributed by atoms with Gasteiger partial charge in [0.25, 0.3) is 10.0 Å². The smallest absolute Gasteiger partial charge is 0.303 e. The third-order valence-electron chi connectivity index (χ3n) is 6.58. The summed E-state index contributed by atoms with van der Waals surface area (Å²) in [4.78, 5) is 10.7. The number of carbonyl (C=O) groups is 1. The second kappa shape index (κ2) is 11.2. The standard InChI is InChI=1S/C31H26FNO6S/c1-38-25-15-16-28-27(18-25)23(12-17-30(34)35)19-33(28)40(36,37)29-9-5-8-26(31(29)32)22-10-13-24(14-11-22)39-20-21-6-3-2-4-7-21/h2-11,13-16,18-19H,12,17,20H2,1H3,(H,34,35). The van der Waals surface area contributed by atoms with Gasteiger partial charge in [0.2, 0.25) is 0 Å². The highest BCUT2D eigenvalue weighted by atomic mass is 32.2. The van der Waals surface area contributed by atoms with Crippen LogP contribution in [0.15, 0.2) is 102 Å². The van der Waals surface area contributed by atoms with Gasteiger partial charge in [0.1, 0.15) is 23.0 Å². The zero-order chi connectivity index (χ0) is 28.3. The lowest BCUT2D eigenvalue weighted by atomic mass is 10.1. The number of aromatic nitrogens is 1. The largest absolute Gasteiger partial charge is 0.497 e. The van der Waals surface area contributed by atoms with Crippen LogP contribution in [0.3, 0.4) is 0 Å². The molecule has 0 aliphatic heterocycles. The van der Waals surface area contributed by atoms with Gasteiger partial charge in [-0.3, -0.25) is 4.79 Å². The van der Waals surface area contributed by atoms with Crippen molar-refractivity contribution < 1.29 is 32.2 Å². The van der Waals surface area contributed by atoms with E-state index in [0.29, 0.717) is 40.1 Å². The Labute approximate surface area is 231 Å². The number of hydrogen-bond acceptors (Lipinski definition) is 5. The molecule has 0 saturated carbocycles. The molecule has 1 aromatic heterocycles. The van der Waals surface area contributed by atoms with Crippen LogP contribution in [-0.2, 0) is 27.8 Å². The predicted molar refractivity (Wildman–Crippen MR) is 150 cm³/mol. The van der Waals surface area contributed by atoms with E-state index in [4.69, 9.17) is 14.6 Å². The van der Waals surface area contributed by atoms with Crippen molar-refractivity contribution in [2.45, 2.75) is 24.3 Å². The minimum absolute atomic E-state index is 0.0999. The molecule has 0 aliphatic carbocycles. The fourth-order valence-corrected chi connectivity index (χ4v) is 6.01. The molecule has 5 aromatic rings. The molecular formula is C31H26FNO6S. The van der Waals surface area contributed by atoms with Crippen molar-refractivity contribution in [3.63, 3.8) is 0 Å². The molecule has 0 amide bonds. The Kier molecular flexibility index (Phi) is 7.57. The van der Waals surface area contributed by atoms with E-state index in [-0.39, 0.29) is 18.4 Å². The van der Waals surface area contributed by atoms with Gasteiger partial charge in [-0.25, -0.2) is 16.8 Å². The Balaban J connectivity index is 1.48. The van der Waals surface area contributed by atoms with E-state index >= 15 is 4.39 Å². The van der Waals surface area contributed by atoms with Crippen LogP contribution in [0, 0.1) is 5.82 Å². The van der Waals surface area contributed by atoms with Crippen LogP contribution in [0.2, 0.25) is 0 Å². The summed E-state index contributed by atoms with van der Waals surface area (Å²) >= 11 is 0. The highest BCUT2D eigenvalue weighted by Gasteiger charge is 2.26. The molecule has 0 fully saturated rings. The van der Waals surface area contributed by atoms with E-state index in [0.717, 1.165) is 9.54 Å². The Hall–Kier alpha value is -4.63. The lowest BCUT2D eigenvalue weighted by Crippen LogP contribution is -2.14. The summed E-state index contributed by atoms with van der Waals surface area (Å²) < 4.78 is 55.5. The highest BCUT2D eigenvalue weighted by molar-refractivity contribution is 7.90. The molecule has 5 rings (SSSR count). The first-order valence-electron chi connectivity index (χ1n) is 12.5. The summed E-state index contributed by atoms with van der Waals surface area (Å²) in [5.41, 5.74) is 2.43. The van der Waals surface area contributed by atoms with Crippen molar-refractivity contribution in [2.24, 2.45) is 0 Å². The molecule has 0 aliphatic rings. The molecule has 40 heavy (non-hydrogen) atoms. The first-order chi connectivity index (χ1) is 19.3. The third-order valence-corrected chi connectivity index (χ3v) is 8.27. The predicted octanol–water partition coefficient (Wildman–Crippen LogP) is 6.29. The second-order valence-electron chi connectivity index (χ2n) is 9.15. The maximum Gasteiger partial charge on any atom is 0.303 e. The van der Waals surface area contributed by atoms with Gasteiger partial charge in [-0.05, 0) is 59.5 Å². The average molecular weight is 560 g/mol. The van der Waals surface area contributed by atoms with Crippen LogP contribution in [0.1, 0.15) is 17.5 Å². The SMILES string of the molecule is COc1ccc2c(c1)c(CCC(=O)O)cn2S(=O)(=O)c1cccc(-c2ccc(OCc3ccccc3)cc2)c1F. The van der Waals surface area contributed by atoms with Crippen molar-refractivity contribution in [2.75, 3.05) is 7.11 Å². The molecular weight excluding hydrogens is 533 g/mol. The Morgan fingerprint density at radius 1 is 0.925 bits per heavy atom. The van der Waals surface area contributed by atoms with Gasteiger partial charge < -0.3 is 14.6 Å². The molecule has 1 N–H and O–H groups in total. The van der Waals surface area contributed by atoms with Gasteiger partial charge in [-0.2, -0.15) is 0 Å². The van der Waals surface area contributed by atoms with Crippen molar-refractivity contribution in [3.8, 4) is 22.6 Å². The van der Waals surface area contributed by atoms with Crippen LogP contribution in [0.5, 0.6) is 11.5 Å². The molecule has 0 spiro atoms. The summed E-state index contributed by atoms with van der Waals surface area (Å²) in [6, 6.07) is 25.5. The average Bonchev–Trinajstić information content (AvgIpc) is 3.34. The number of halogens is 1. The third kappa shape index (κ3) is 5.41. The first kappa shape index (κ1) is 27.0. The quantitative estimate of drug-likeness (QED) is 0.216. The van der Waals surface area contributed by atoms with Gasteiger partial charge in [0.05, 0.1) is 12.6 Å². The summed E-state index contributed by atoms with van der Waals surface area (Å²) in [6.45, 7) is 0.382. The Morgan fingerprint density at radius 3 is 2.35 bits per heavy atom. The van der Waals surface area contributed by atoms with Crippen LogP contribution in [-0.4, -0.2) is 30.6 Å². The summed E-state index contributed by atoms with van der Waals surface area (Å²) in [7, 11) is -2.90. The molecule has 0 unspecified atom stereocenters. The number of methoxy groups -OCH3 is 1. The number of aryl methyl sites for hydroxylation is 1. The molecule has 4 aromatic carbocycles. The maximum atomic E-state index is 15.9. The van der Waals surface area contributed by atoms with Gasteiger partial charge in [-0.15, -0.1) is 0 Å². The van der Waals surface area contributed by atoms with Crippen LogP contribution in [0.25, 0.3) is 22.0 Å². The highest BCUT2D eigenvalue weighted by Crippen LogP contribution is 2.33. The number of fused-ring (bicyclic) bond motifs is 1. The molecule has 7 nitrogen and oxygen atoms in total. The van der Waals surface area contributed by atoms with Crippen molar-refractivity contribution in [1.82, 2.24) is 3.97 Å². The Bertz CT molecular complexity index is 1780. The van der Waals surface area contributed by atoms with Gasteiger partial charge in [-0.1, -0.05) is 54.6 Å². The molecule has 0 bridgehead atoms. The number of nitrogens with zero attached hydrogens (tertiary/aromatic N) is 1. The molecule has 1 heterocycles. The number of aliphatic carboxylic acids is 1. The lowest BCUT2D eigenvalue weighted by molar-refractivity contribution is -0.136. The number of benzene rings is 4. The van der Waals surface area contributed by atoms with Crippen LogP contribution in [0.4, 0.5) is 4.39 Å². The fourth-order valence-electron chi connectivity index (χ4n) is 4.52. The van der Waals surface area contributed by atoms with Gasteiger partial charge in [0.15, 0.2) is 5.82 Å². The van der Waals surface area contributed by atoms with E-state index < -0.39 is 26.7 Å². The van der Waals surface area contributed by atoms with E-state index in [9.17, 15) is 13.2 Å². The van der Waals surface area contributed by atoms with Gasteiger partial charge >= 0.3 is 5.97 Å². The monoisotopic (exact) mass is 559 g/mol. The van der Waals surface area contributed by atoms with E-state index in [1.54, 1.807) is 42.5 Å². The topological polar surface area (TPSA) is 94.8 Å². The number of ether oxygens (including phenoxy) is 2. The van der Waals surface area contributed by atoms with E-state index in [1.807, 2.05) is 30.3 Å². The molecule has 0 radical (unpaired) electrons. The number of hydrogen-bond donors (Lipinski definition) is 1. The summed E-state index contributed by atoms with van der Waals surface area (Å²) in [6.07, 6.45) is 1.27. The zero-order valence-corrected chi connectivity index (χ0v) is 22.4. The van der Waals surface area contributed by atoms with Crippen LogP contribution >= 0.6 is 0 Å². The summed E-state index contributed by atoms with van der Waals surface area (Å²) in [5, 5.41) is 9.68. The zero-order valence-electron chi connectivity index (χ0n) is 21.6. The first-order valence-corrected chi connectivity index (χ1v) is 13.9. The molecule has 204 valence electrons. The minimum atomic E-state index is -4.38. The van der Waals surface area contributed by atoms with Crippen molar-refractivity contribution in [3.05, 3.63) is 114 Å². The number of carboxylic acids is 1.